The van der Waals surface area contributed by atoms with Gasteiger partial charge in [0.15, 0.2) is 0 Å². The van der Waals surface area contributed by atoms with Gasteiger partial charge in [0.1, 0.15) is 0 Å². The van der Waals surface area contributed by atoms with Crippen molar-refractivity contribution in [1.29, 1.82) is 0 Å². The topological polar surface area (TPSA) is 37.3 Å². The summed E-state index contributed by atoms with van der Waals surface area (Å²) in [5.74, 6) is -0.949. The summed E-state index contributed by atoms with van der Waals surface area (Å²) in [7, 11) is 0. The molecule has 1 unspecified atom stereocenters. The zero-order chi connectivity index (χ0) is 12.5. The zero-order valence-electron chi connectivity index (χ0n) is 9.97. The van der Waals surface area contributed by atoms with E-state index in [-0.39, 0.29) is 5.92 Å². The second-order valence-corrected chi connectivity index (χ2v) is 4.75. The van der Waals surface area contributed by atoms with E-state index in [0.29, 0.717) is 12.8 Å². The van der Waals surface area contributed by atoms with Crippen molar-refractivity contribution in [2.45, 2.75) is 12.8 Å². The van der Waals surface area contributed by atoms with Gasteiger partial charge in [0.25, 0.3) is 0 Å². The summed E-state index contributed by atoms with van der Waals surface area (Å²) in [4.78, 5) is 11.1. The van der Waals surface area contributed by atoms with Crippen LogP contribution in [0.25, 0.3) is 11.1 Å². The van der Waals surface area contributed by atoms with Crippen LogP contribution < -0.4 is 0 Å². The normalized spacial score (nSPS) is 17.4. The van der Waals surface area contributed by atoms with E-state index in [0.717, 1.165) is 0 Å². The minimum absolute atomic E-state index is 0.259. The van der Waals surface area contributed by atoms with Crippen molar-refractivity contribution in [2.24, 2.45) is 5.92 Å². The molecule has 1 atom stereocenters. The molecular formula is C16H14O2. The zero-order valence-corrected chi connectivity index (χ0v) is 9.97. The summed E-state index contributed by atoms with van der Waals surface area (Å²) >= 11 is 0. The number of carboxylic acids is 1. The van der Waals surface area contributed by atoms with Gasteiger partial charge in [-0.1, -0.05) is 48.5 Å². The van der Waals surface area contributed by atoms with Gasteiger partial charge in [-0.15, -0.1) is 0 Å². The Morgan fingerprint density at radius 3 is 2.50 bits per heavy atom. The average molecular weight is 238 g/mol. The predicted molar refractivity (Wildman–Crippen MR) is 70.4 cm³/mol. The maximum Gasteiger partial charge on any atom is 0.307 e. The van der Waals surface area contributed by atoms with Crippen LogP contribution in [-0.2, 0) is 17.6 Å². The molecule has 0 fully saturated rings. The molecule has 1 N–H and O–H groups in total. The van der Waals surface area contributed by atoms with Crippen molar-refractivity contribution in [2.75, 3.05) is 0 Å². The molecule has 0 saturated heterocycles. The van der Waals surface area contributed by atoms with E-state index in [2.05, 4.69) is 18.2 Å². The van der Waals surface area contributed by atoms with Gasteiger partial charge in [0.05, 0.1) is 5.92 Å². The highest BCUT2D eigenvalue weighted by Gasteiger charge is 2.28. The Bertz CT molecular complexity index is 587. The van der Waals surface area contributed by atoms with E-state index >= 15 is 0 Å². The first-order valence-electron chi connectivity index (χ1n) is 6.14. The minimum atomic E-state index is -0.690. The molecule has 0 bridgehead atoms. The van der Waals surface area contributed by atoms with E-state index in [4.69, 9.17) is 5.11 Å². The lowest BCUT2D eigenvalue weighted by Gasteiger charge is -2.08. The smallest absolute Gasteiger partial charge is 0.307 e. The molecule has 90 valence electrons. The fourth-order valence-corrected chi connectivity index (χ4v) is 2.71. The third kappa shape index (κ3) is 1.80. The number of fused-ring (bicyclic) bond motifs is 1. The predicted octanol–water partition coefficient (Wildman–Crippen LogP) is 3.15. The number of rotatable bonds is 2. The summed E-state index contributed by atoms with van der Waals surface area (Å²) in [6.45, 7) is 0. The lowest BCUT2D eigenvalue weighted by molar-refractivity contribution is -0.141. The largest absolute Gasteiger partial charge is 0.481 e. The molecule has 0 radical (unpaired) electrons. The quantitative estimate of drug-likeness (QED) is 0.872. The molecule has 2 heteroatoms. The molecule has 0 heterocycles. The number of carboxylic acid groups (broad SMARTS) is 1. The molecule has 2 aromatic carbocycles. The van der Waals surface area contributed by atoms with Gasteiger partial charge in [-0.25, -0.2) is 0 Å². The third-order valence-corrected chi connectivity index (χ3v) is 3.62. The van der Waals surface area contributed by atoms with Crippen LogP contribution in [0.1, 0.15) is 11.1 Å². The summed E-state index contributed by atoms with van der Waals surface area (Å²) in [6, 6.07) is 16.3. The molecule has 0 spiro atoms. The molecule has 0 saturated carbocycles. The Morgan fingerprint density at radius 1 is 1.00 bits per heavy atom. The van der Waals surface area contributed by atoms with E-state index < -0.39 is 5.97 Å². The van der Waals surface area contributed by atoms with Crippen LogP contribution in [0.5, 0.6) is 0 Å². The van der Waals surface area contributed by atoms with Gasteiger partial charge in [-0.2, -0.15) is 0 Å². The van der Waals surface area contributed by atoms with E-state index in [1.165, 1.54) is 22.3 Å². The van der Waals surface area contributed by atoms with Gasteiger partial charge in [-0.05, 0) is 35.1 Å². The number of hydrogen-bond donors (Lipinski definition) is 1. The Hall–Kier alpha value is -2.09. The van der Waals surface area contributed by atoms with Crippen LogP contribution in [0.2, 0.25) is 0 Å². The molecule has 0 amide bonds. The molecule has 3 rings (SSSR count). The molecule has 0 aliphatic heterocycles. The van der Waals surface area contributed by atoms with Crippen molar-refractivity contribution in [3.05, 3.63) is 59.7 Å². The monoisotopic (exact) mass is 238 g/mol. The van der Waals surface area contributed by atoms with E-state index in [9.17, 15) is 4.79 Å². The maximum atomic E-state index is 11.1. The fourth-order valence-electron chi connectivity index (χ4n) is 2.71. The van der Waals surface area contributed by atoms with Crippen LogP contribution in [0.3, 0.4) is 0 Å². The Labute approximate surface area is 106 Å². The lowest BCUT2D eigenvalue weighted by Crippen LogP contribution is -2.12. The fraction of sp³-hybridized carbons (Fsp3) is 0.188. The van der Waals surface area contributed by atoms with Crippen LogP contribution >= 0.6 is 0 Å². The van der Waals surface area contributed by atoms with Gasteiger partial charge >= 0.3 is 5.97 Å². The van der Waals surface area contributed by atoms with Gasteiger partial charge in [-0.3, -0.25) is 4.79 Å². The first kappa shape index (κ1) is 11.0. The Kier molecular flexibility index (Phi) is 2.63. The molecule has 18 heavy (non-hydrogen) atoms. The number of aliphatic carboxylic acids is 1. The molecular weight excluding hydrogens is 224 g/mol. The standard InChI is InChI=1S/C16H14O2/c17-16(18)13-9-12-7-4-8-14(15(12)10-13)11-5-2-1-3-6-11/h1-8,13H,9-10H2,(H,17,18). The Balaban J connectivity index is 2.06. The summed E-state index contributed by atoms with van der Waals surface area (Å²) in [5.41, 5.74) is 4.73. The summed E-state index contributed by atoms with van der Waals surface area (Å²) in [6.07, 6.45) is 1.31. The van der Waals surface area contributed by atoms with Crippen LogP contribution in [-0.4, -0.2) is 11.1 Å². The molecule has 1 aliphatic carbocycles. The van der Waals surface area contributed by atoms with Crippen LogP contribution in [0.4, 0.5) is 0 Å². The SMILES string of the molecule is O=C(O)C1Cc2cccc(-c3ccccc3)c2C1. The van der Waals surface area contributed by atoms with Gasteiger partial charge in [0, 0.05) is 0 Å². The second-order valence-electron chi connectivity index (χ2n) is 4.75. The summed E-state index contributed by atoms with van der Waals surface area (Å²) < 4.78 is 0. The first-order valence-corrected chi connectivity index (χ1v) is 6.14. The third-order valence-electron chi connectivity index (χ3n) is 3.62. The highest BCUT2D eigenvalue weighted by molar-refractivity contribution is 5.76. The van der Waals surface area contributed by atoms with E-state index in [1.807, 2.05) is 30.3 Å². The average Bonchev–Trinajstić information content (AvgIpc) is 2.83. The highest BCUT2D eigenvalue weighted by Crippen LogP contribution is 2.34. The van der Waals surface area contributed by atoms with Gasteiger partial charge in [0.2, 0.25) is 0 Å². The first-order chi connectivity index (χ1) is 8.75. The summed E-state index contributed by atoms with van der Waals surface area (Å²) in [5, 5.41) is 9.15. The Morgan fingerprint density at radius 2 is 1.78 bits per heavy atom. The van der Waals surface area contributed by atoms with E-state index in [1.54, 1.807) is 0 Å². The lowest BCUT2D eigenvalue weighted by atomic mass is 9.97. The number of hydrogen-bond acceptors (Lipinski definition) is 1. The van der Waals surface area contributed by atoms with Crippen molar-refractivity contribution in [3.63, 3.8) is 0 Å². The molecule has 2 nitrogen and oxygen atoms in total. The minimum Gasteiger partial charge on any atom is -0.481 e. The second kappa shape index (κ2) is 4.30. The highest BCUT2D eigenvalue weighted by atomic mass is 16.4. The molecule has 1 aliphatic rings. The molecule has 0 aromatic heterocycles. The van der Waals surface area contributed by atoms with Crippen molar-refractivity contribution >= 4 is 5.97 Å². The van der Waals surface area contributed by atoms with Gasteiger partial charge < -0.3 is 5.11 Å². The van der Waals surface area contributed by atoms with Crippen molar-refractivity contribution in [3.8, 4) is 11.1 Å². The van der Waals surface area contributed by atoms with Crippen LogP contribution in [0.15, 0.2) is 48.5 Å². The number of benzene rings is 2. The van der Waals surface area contributed by atoms with Crippen molar-refractivity contribution < 1.29 is 9.90 Å². The maximum absolute atomic E-state index is 11.1. The van der Waals surface area contributed by atoms with Crippen LogP contribution in [0, 0.1) is 5.92 Å². The number of carbonyl (C=O) groups is 1. The van der Waals surface area contributed by atoms with Crippen molar-refractivity contribution in [1.82, 2.24) is 0 Å². The molecule has 2 aromatic rings.